The zero-order chi connectivity index (χ0) is 15.7. The number of anilines is 1. The van der Waals surface area contributed by atoms with Crippen molar-refractivity contribution in [3.63, 3.8) is 0 Å². The second-order valence-corrected chi connectivity index (χ2v) is 7.96. The van der Waals surface area contributed by atoms with Crippen molar-refractivity contribution in [3.8, 4) is 0 Å². The van der Waals surface area contributed by atoms with Gasteiger partial charge in [0.05, 0.1) is 10.5 Å². The van der Waals surface area contributed by atoms with Gasteiger partial charge in [-0.2, -0.15) is 0 Å². The van der Waals surface area contributed by atoms with Crippen molar-refractivity contribution in [2.75, 3.05) is 12.3 Å². The number of rotatable bonds is 4. The van der Waals surface area contributed by atoms with Crippen LogP contribution in [-0.4, -0.2) is 25.7 Å². The summed E-state index contributed by atoms with van der Waals surface area (Å²) >= 11 is 0. The lowest BCUT2D eigenvalue weighted by atomic mass is 9.79. The molecule has 1 aliphatic rings. The van der Waals surface area contributed by atoms with Gasteiger partial charge in [-0.1, -0.05) is 25.8 Å². The Morgan fingerprint density at radius 2 is 2.19 bits per heavy atom. The smallest absolute Gasteiger partial charge is 0.241 e. The number of hydrogen-bond acceptors (Lipinski definition) is 4. The molecule has 0 spiro atoms. The molecule has 1 fully saturated rings. The van der Waals surface area contributed by atoms with E-state index in [1.807, 2.05) is 0 Å². The van der Waals surface area contributed by atoms with E-state index in [4.69, 9.17) is 5.73 Å². The standard InChI is InChI=1S/C15H24N2O3S/c1-11-5-4-8-15(18,9-11)10-17-21(19,20)14-7-3-6-13(16)12(14)2/h3,6-7,11,17-18H,4-5,8-10,16H2,1-2H3. The Morgan fingerprint density at radius 3 is 2.86 bits per heavy atom. The number of sulfonamides is 1. The Labute approximate surface area is 126 Å². The number of hydrogen-bond donors (Lipinski definition) is 3. The van der Waals surface area contributed by atoms with Crippen molar-refractivity contribution in [3.05, 3.63) is 23.8 Å². The van der Waals surface area contributed by atoms with E-state index in [9.17, 15) is 13.5 Å². The molecule has 0 aromatic heterocycles. The largest absolute Gasteiger partial charge is 0.398 e. The maximum absolute atomic E-state index is 12.4. The van der Waals surface area contributed by atoms with Crippen LogP contribution in [0.5, 0.6) is 0 Å². The maximum Gasteiger partial charge on any atom is 0.241 e. The van der Waals surface area contributed by atoms with Crippen molar-refractivity contribution in [2.45, 2.75) is 50.0 Å². The van der Waals surface area contributed by atoms with Crippen molar-refractivity contribution in [1.29, 1.82) is 0 Å². The quantitative estimate of drug-likeness (QED) is 0.739. The Kier molecular flexibility index (Phi) is 4.60. The van der Waals surface area contributed by atoms with Gasteiger partial charge in [0.25, 0.3) is 0 Å². The van der Waals surface area contributed by atoms with Crippen LogP contribution in [-0.2, 0) is 10.0 Å². The third kappa shape index (κ3) is 3.75. The van der Waals surface area contributed by atoms with E-state index < -0.39 is 15.6 Å². The molecule has 21 heavy (non-hydrogen) atoms. The summed E-state index contributed by atoms with van der Waals surface area (Å²) < 4.78 is 27.3. The fraction of sp³-hybridized carbons (Fsp3) is 0.600. The minimum atomic E-state index is -3.66. The molecule has 2 unspecified atom stereocenters. The van der Waals surface area contributed by atoms with Crippen LogP contribution in [0.25, 0.3) is 0 Å². The van der Waals surface area contributed by atoms with Gasteiger partial charge in [0.1, 0.15) is 0 Å². The van der Waals surface area contributed by atoms with Gasteiger partial charge >= 0.3 is 0 Å². The van der Waals surface area contributed by atoms with Crippen LogP contribution in [0.3, 0.4) is 0 Å². The van der Waals surface area contributed by atoms with Crippen molar-refractivity contribution >= 4 is 15.7 Å². The van der Waals surface area contributed by atoms with E-state index in [0.717, 1.165) is 12.8 Å². The van der Waals surface area contributed by atoms with Crippen molar-refractivity contribution in [2.24, 2.45) is 5.92 Å². The van der Waals surface area contributed by atoms with E-state index in [1.54, 1.807) is 19.1 Å². The van der Waals surface area contributed by atoms with E-state index in [0.29, 0.717) is 30.0 Å². The summed E-state index contributed by atoms with van der Waals surface area (Å²) in [5, 5.41) is 10.5. The van der Waals surface area contributed by atoms with E-state index in [1.165, 1.54) is 6.07 Å². The molecule has 0 heterocycles. The van der Waals surface area contributed by atoms with Crippen molar-refractivity contribution in [1.82, 2.24) is 4.72 Å². The zero-order valence-electron chi connectivity index (χ0n) is 12.6. The monoisotopic (exact) mass is 312 g/mol. The Bertz CT molecular complexity index is 615. The van der Waals surface area contributed by atoms with E-state index in [-0.39, 0.29) is 11.4 Å². The van der Waals surface area contributed by atoms with Gasteiger partial charge in [0, 0.05) is 12.2 Å². The molecule has 6 heteroatoms. The maximum atomic E-state index is 12.4. The number of nitrogen functional groups attached to an aromatic ring is 1. The molecule has 0 saturated heterocycles. The molecule has 2 atom stereocenters. The fourth-order valence-corrected chi connectivity index (χ4v) is 4.42. The molecular weight excluding hydrogens is 288 g/mol. The van der Waals surface area contributed by atoms with Crippen LogP contribution in [0.15, 0.2) is 23.1 Å². The fourth-order valence-electron chi connectivity index (χ4n) is 3.02. The minimum Gasteiger partial charge on any atom is -0.398 e. The van der Waals surface area contributed by atoms with Crippen LogP contribution in [0.4, 0.5) is 5.69 Å². The zero-order valence-corrected chi connectivity index (χ0v) is 13.4. The molecule has 0 aliphatic heterocycles. The SMILES string of the molecule is Cc1c(N)cccc1S(=O)(=O)NCC1(O)CCCC(C)C1. The summed E-state index contributed by atoms with van der Waals surface area (Å²) in [7, 11) is -3.66. The van der Waals surface area contributed by atoms with Gasteiger partial charge < -0.3 is 10.8 Å². The lowest BCUT2D eigenvalue weighted by molar-refractivity contribution is -0.00751. The first-order valence-electron chi connectivity index (χ1n) is 7.31. The molecule has 1 aromatic rings. The molecule has 1 saturated carbocycles. The van der Waals surface area contributed by atoms with Gasteiger partial charge in [-0.25, -0.2) is 13.1 Å². The summed E-state index contributed by atoms with van der Waals surface area (Å²) in [5.74, 6) is 0.419. The van der Waals surface area contributed by atoms with Crippen LogP contribution < -0.4 is 10.5 Å². The third-order valence-corrected chi connectivity index (χ3v) is 5.82. The summed E-state index contributed by atoms with van der Waals surface area (Å²) in [6, 6.07) is 4.82. The second kappa shape index (κ2) is 5.94. The van der Waals surface area contributed by atoms with Gasteiger partial charge in [-0.15, -0.1) is 0 Å². The molecule has 0 amide bonds. The first kappa shape index (κ1) is 16.3. The number of nitrogens with one attached hydrogen (secondary N) is 1. The lowest BCUT2D eigenvalue weighted by Crippen LogP contribution is -2.45. The average molecular weight is 312 g/mol. The Balaban J connectivity index is 2.13. The predicted molar refractivity (Wildman–Crippen MR) is 83.4 cm³/mol. The highest BCUT2D eigenvalue weighted by molar-refractivity contribution is 7.89. The van der Waals surface area contributed by atoms with E-state index in [2.05, 4.69) is 11.6 Å². The third-order valence-electron chi connectivity index (χ3n) is 4.27. The van der Waals surface area contributed by atoms with Crippen LogP contribution in [0.1, 0.15) is 38.2 Å². The molecular formula is C15H24N2O3S. The molecule has 0 radical (unpaired) electrons. The Morgan fingerprint density at radius 1 is 1.48 bits per heavy atom. The molecule has 1 aromatic carbocycles. The van der Waals surface area contributed by atoms with Gasteiger partial charge in [0.15, 0.2) is 0 Å². The molecule has 1 aliphatic carbocycles. The number of nitrogens with two attached hydrogens (primary N) is 1. The highest BCUT2D eigenvalue weighted by Gasteiger charge is 2.34. The minimum absolute atomic E-state index is 0.0495. The van der Waals surface area contributed by atoms with Crippen LogP contribution >= 0.6 is 0 Å². The van der Waals surface area contributed by atoms with Gasteiger partial charge in [-0.3, -0.25) is 0 Å². The topological polar surface area (TPSA) is 92.4 Å². The molecule has 2 rings (SSSR count). The number of benzene rings is 1. The summed E-state index contributed by atoms with van der Waals surface area (Å²) in [6.45, 7) is 3.82. The molecule has 5 nitrogen and oxygen atoms in total. The summed E-state index contributed by atoms with van der Waals surface area (Å²) in [6.07, 6.45) is 3.28. The Hall–Kier alpha value is -1.11. The summed E-state index contributed by atoms with van der Waals surface area (Å²) in [4.78, 5) is 0.176. The van der Waals surface area contributed by atoms with Crippen LogP contribution in [0.2, 0.25) is 0 Å². The average Bonchev–Trinajstić information content (AvgIpc) is 2.39. The molecule has 0 bridgehead atoms. The number of aliphatic hydroxyl groups is 1. The van der Waals surface area contributed by atoms with E-state index >= 15 is 0 Å². The van der Waals surface area contributed by atoms with Crippen molar-refractivity contribution < 1.29 is 13.5 Å². The summed E-state index contributed by atoms with van der Waals surface area (Å²) in [5.41, 5.74) is 5.80. The lowest BCUT2D eigenvalue weighted by Gasteiger charge is -2.35. The first-order valence-corrected chi connectivity index (χ1v) is 8.79. The predicted octanol–water partition coefficient (Wildman–Crippen LogP) is 1.80. The molecule has 4 N–H and O–H groups in total. The normalized spacial score (nSPS) is 26.7. The highest BCUT2D eigenvalue weighted by atomic mass is 32.2. The molecule has 118 valence electrons. The van der Waals surface area contributed by atoms with Crippen LogP contribution in [0, 0.1) is 12.8 Å². The highest BCUT2D eigenvalue weighted by Crippen LogP contribution is 2.32. The van der Waals surface area contributed by atoms with Gasteiger partial charge in [-0.05, 0) is 43.4 Å². The second-order valence-electron chi connectivity index (χ2n) is 6.22. The first-order chi connectivity index (χ1) is 9.73. The van der Waals surface area contributed by atoms with Gasteiger partial charge in [0.2, 0.25) is 10.0 Å².